The summed E-state index contributed by atoms with van der Waals surface area (Å²) in [5.74, 6) is -1.21. The maximum absolute atomic E-state index is 13.4. The van der Waals surface area contributed by atoms with Crippen LogP contribution in [0.5, 0.6) is 0 Å². The first kappa shape index (κ1) is 72.4. The number of amides is 1. The first-order chi connectivity index (χ1) is 37.7. The number of hydrogen-bond donors (Lipinski definition) is 6. The highest BCUT2D eigenvalue weighted by Crippen LogP contribution is 2.26. The molecule has 0 saturated carbocycles. The Hall–Kier alpha value is -2.64. The van der Waals surface area contributed by atoms with Crippen LogP contribution in [-0.4, -0.2) is 99.6 Å². The summed E-state index contributed by atoms with van der Waals surface area (Å²) in [6.45, 7) is 5.65. The van der Waals surface area contributed by atoms with Crippen molar-refractivity contribution < 1.29 is 49.3 Å². The van der Waals surface area contributed by atoms with Gasteiger partial charge in [0, 0.05) is 6.42 Å². The Morgan fingerprint density at radius 1 is 0.519 bits per heavy atom. The number of hydrogen-bond acceptors (Lipinski definition) is 10. The molecule has 11 heteroatoms. The number of rotatable bonds is 54. The van der Waals surface area contributed by atoms with E-state index in [0.717, 1.165) is 70.6 Å². The third-order valence-corrected chi connectivity index (χ3v) is 15.0. The van der Waals surface area contributed by atoms with Gasteiger partial charge in [0.05, 0.1) is 25.4 Å². The van der Waals surface area contributed by atoms with E-state index in [1.165, 1.54) is 167 Å². The molecule has 8 atom stereocenters. The molecule has 0 radical (unpaired) electrons. The summed E-state index contributed by atoms with van der Waals surface area (Å²) in [4.78, 5) is 26.5. The summed E-state index contributed by atoms with van der Waals surface area (Å²) in [7, 11) is 0. The van der Waals surface area contributed by atoms with Crippen molar-refractivity contribution in [3.8, 4) is 0 Å². The van der Waals surface area contributed by atoms with Gasteiger partial charge in [0.1, 0.15) is 24.4 Å². The molecule has 448 valence electrons. The second-order valence-corrected chi connectivity index (χ2v) is 22.2. The first-order valence-electron chi connectivity index (χ1n) is 32.1. The molecule has 0 aromatic rings. The van der Waals surface area contributed by atoms with Crippen LogP contribution in [0.25, 0.3) is 0 Å². The Morgan fingerprint density at radius 3 is 1.40 bits per heavy atom. The number of ether oxygens (including phenoxy) is 3. The lowest BCUT2D eigenvalue weighted by molar-refractivity contribution is -0.305. The molecule has 0 bridgehead atoms. The summed E-state index contributed by atoms with van der Waals surface area (Å²) < 4.78 is 17.6. The summed E-state index contributed by atoms with van der Waals surface area (Å²) in [5, 5.41) is 56.9. The van der Waals surface area contributed by atoms with Crippen LogP contribution in [0.4, 0.5) is 0 Å². The smallest absolute Gasteiger partial charge is 0.306 e. The molecule has 1 heterocycles. The van der Waals surface area contributed by atoms with Gasteiger partial charge in [-0.1, -0.05) is 293 Å². The van der Waals surface area contributed by atoms with E-state index < -0.39 is 67.4 Å². The molecular formula is C66H119NO10. The molecule has 77 heavy (non-hydrogen) atoms. The maximum atomic E-state index is 13.4. The van der Waals surface area contributed by atoms with Crippen molar-refractivity contribution in [1.29, 1.82) is 0 Å². The Balaban J connectivity index is 2.60. The van der Waals surface area contributed by atoms with Crippen LogP contribution in [0, 0.1) is 0 Å². The highest BCUT2D eigenvalue weighted by molar-refractivity contribution is 5.80. The zero-order chi connectivity index (χ0) is 56.1. The lowest BCUT2D eigenvalue weighted by atomic mass is 9.99. The third-order valence-electron chi connectivity index (χ3n) is 15.0. The van der Waals surface area contributed by atoms with Gasteiger partial charge in [-0.3, -0.25) is 9.59 Å². The highest BCUT2D eigenvalue weighted by Gasteiger charge is 2.47. The van der Waals surface area contributed by atoms with Crippen molar-refractivity contribution in [2.24, 2.45) is 0 Å². The van der Waals surface area contributed by atoms with Crippen LogP contribution in [0.15, 0.2) is 60.8 Å². The molecule has 1 fully saturated rings. The molecule has 0 aliphatic carbocycles. The maximum Gasteiger partial charge on any atom is 0.306 e. The van der Waals surface area contributed by atoms with Crippen LogP contribution >= 0.6 is 0 Å². The minimum Gasteiger partial charge on any atom is -0.454 e. The van der Waals surface area contributed by atoms with Gasteiger partial charge in [-0.15, -0.1) is 0 Å². The fourth-order valence-electron chi connectivity index (χ4n) is 9.96. The summed E-state index contributed by atoms with van der Waals surface area (Å²) in [5.41, 5.74) is 0. The van der Waals surface area contributed by atoms with Gasteiger partial charge < -0.3 is 45.1 Å². The van der Waals surface area contributed by atoms with E-state index in [-0.39, 0.29) is 19.4 Å². The second-order valence-electron chi connectivity index (χ2n) is 22.2. The van der Waals surface area contributed by atoms with Gasteiger partial charge in [0.15, 0.2) is 12.4 Å². The molecule has 0 spiro atoms. The fraction of sp³-hybridized carbons (Fsp3) is 0.818. The van der Waals surface area contributed by atoms with Crippen molar-refractivity contribution in [2.75, 3.05) is 13.2 Å². The lowest BCUT2D eigenvalue weighted by Gasteiger charge is -2.41. The van der Waals surface area contributed by atoms with Gasteiger partial charge in [-0.05, 0) is 44.9 Å². The Morgan fingerprint density at radius 2 is 0.935 bits per heavy atom. The third kappa shape index (κ3) is 42.0. The number of carbonyl (C=O) groups is 2. The normalized spacial score (nSPS) is 19.4. The number of aliphatic hydroxyl groups excluding tert-OH is 5. The first-order valence-corrected chi connectivity index (χ1v) is 32.1. The molecule has 1 aliphatic rings. The van der Waals surface area contributed by atoms with Gasteiger partial charge in [0.25, 0.3) is 0 Å². The zero-order valence-corrected chi connectivity index (χ0v) is 49.6. The van der Waals surface area contributed by atoms with Gasteiger partial charge in [-0.25, -0.2) is 0 Å². The van der Waals surface area contributed by atoms with Gasteiger partial charge >= 0.3 is 5.97 Å². The topological polar surface area (TPSA) is 175 Å². The quantitative estimate of drug-likeness (QED) is 0.0149. The molecule has 6 N–H and O–H groups in total. The van der Waals surface area contributed by atoms with E-state index in [2.05, 4.69) is 38.2 Å². The molecule has 1 aliphatic heterocycles. The predicted octanol–water partition coefficient (Wildman–Crippen LogP) is 15.4. The van der Waals surface area contributed by atoms with Crippen molar-refractivity contribution >= 4 is 11.9 Å². The SMILES string of the molecule is CC/C=C/C=C/C=C/C=C\CCCCCCC(O)C(=O)NC(COC1OC(CO)C(O)C(O)C1OC(=O)CCCCCCCCCCCCCCCCCCCCCCCCC)C(O)/C=C/CCCCCCCCCCC. The number of unbranched alkanes of at least 4 members (excludes halogenated alkanes) is 35. The standard InChI is InChI=1S/C66H119NO10/c1-4-7-10-13-16-19-22-24-26-27-28-29-30-31-32-33-34-36-39-42-45-48-51-54-61(71)77-64-63(73)62(72)60(55-68)76-66(64)75-56-57(58(69)52-49-46-43-40-37-21-18-15-12-9-6-3)67-65(74)59(70)53-50-47-44-41-38-35-25-23-20-17-14-11-8-5-2/h8,11,14,17,20,23,25,35,49,52,57-60,62-64,66,68-70,72-73H,4-7,9-10,12-13,15-16,18-19,21-22,24,26-34,36-48,50-51,53-56H2,1-3H3,(H,67,74)/b11-8+,17-14+,23-20+,35-25-,52-49+. The fourth-order valence-corrected chi connectivity index (χ4v) is 9.96. The molecule has 8 unspecified atom stereocenters. The molecule has 11 nitrogen and oxygen atoms in total. The number of nitrogens with one attached hydrogen (secondary N) is 1. The zero-order valence-electron chi connectivity index (χ0n) is 49.6. The van der Waals surface area contributed by atoms with Crippen molar-refractivity contribution in [3.05, 3.63) is 60.8 Å². The summed E-state index contributed by atoms with van der Waals surface area (Å²) in [6, 6.07) is -1.04. The number of esters is 1. The second kappa shape index (κ2) is 54.0. The average molecular weight is 1090 g/mol. The molecule has 0 aromatic heterocycles. The monoisotopic (exact) mass is 1090 g/mol. The Bertz CT molecular complexity index is 1480. The van der Waals surface area contributed by atoms with E-state index in [0.29, 0.717) is 12.8 Å². The van der Waals surface area contributed by atoms with Crippen molar-refractivity contribution in [2.45, 2.75) is 333 Å². The van der Waals surface area contributed by atoms with Gasteiger partial charge in [-0.2, -0.15) is 0 Å². The lowest BCUT2D eigenvalue weighted by Crippen LogP contribution is -2.61. The van der Waals surface area contributed by atoms with Crippen LogP contribution in [0.3, 0.4) is 0 Å². The van der Waals surface area contributed by atoms with Gasteiger partial charge in [0.2, 0.25) is 5.91 Å². The number of aliphatic hydroxyl groups is 5. The molecule has 1 saturated heterocycles. The van der Waals surface area contributed by atoms with E-state index >= 15 is 0 Å². The van der Waals surface area contributed by atoms with E-state index in [1.54, 1.807) is 6.08 Å². The van der Waals surface area contributed by atoms with Crippen molar-refractivity contribution in [1.82, 2.24) is 5.32 Å². The molecule has 0 aromatic carbocycles. The molecule has 1 amide bonds. The molecule has 1 rings (SSSR count). The Labute approximate surface area is 471 Å². The predicted molar refractivity (Wildman–Crippen MR) is 320 cm³/mol. The average Bonchev–Trinajstić information content (AvgIpc) is 3.43. The van der Waals surface area contributed by atoms with Crippen LogP contribution in [0.1, 0.15) is 284 Å². The van der Waals surface area contributed by atoms with Crippen LogP contribution in [-0.2, 0) is 23.8 Å². The summed E-state index contributed by atoms with van der Waals surface area (Å²) in [6.07, 6.45) is 57.0. The van der Waals surface area contributed by atoms with Crippen molar-refractivity contribution in [3.63, 3.8) is 0 Å². The minimum atomic E-state index is -1.62. The molecular weight excluding hydrogens is 967 g/mol. The Kier molecular flexibility index (Phi) is 50.7. The number of allylic oxidation sites excluding steroid dienone is 9. The van der Waals surface area contributed by atoms with Crippen LogP contribution < -0.4 is 5.32 Å². The van der Waals surface area contributed by atoms with E-state index in [9.17, 15) is 35.1 Å². The summed E-state index contributed by atoms with van der Waals surface area (Å²) >= 11 is 0. The van der Waals surface area contributed by atoms with E-state index in [4.69, 9.17) is 14.2 Å². The largest absolute Gasteiger partial charge is 0.454 e. The minimum absolute atomic E-state index is 0.123. The van der Waals surface area contributed by atoms with Crippen LogP contribution in [0.2, 0.25) is 0 Å². The number of carbonyl (C=O) groups excluding carboxylic acids is 2. The highest BCUT2D eigenvalue weighted by atomic mass is 16.7. The van der Waals surface area contributed by atoms with E-state index in [1.807, 2.05) is 42.5 Å².